The lowest BCUT2D eigenvalue weighted by atomic mass is 9.96. The van der Waals surface area contributed by atoms with E-state index in [2.05, 4.69) is 0 Å². The van der Waals surface area contributed by atoms with Crippen molar-refractivity contribution in [1.82, 2.24) is 0 Å². The third-order valence-electron chi connectivity index (χ3n) is 4.23. The Kier molecular flexibility index (Phi) is 6.53. The zero-order valence-corrected chi connectivity index (χ0v) is 17.2. The lowest BCUT2D eigenvalue weighted by Gasteiger charge is -2.18. The van der Waals surface area contributed by atoms with Gasteiger partial charge >= 0.3 is 11.9 Å². The number of hydrogen-bond donors (Lipinski definition) is 0. The van der Waals surface area contributed by atoms with E-state index in [0.29, 0.717) is 11.6 Å². The van der Waals surface area contributed by atoms with Crippen molar-refractivity contribution in [3.05, 3.63) is 51.5 Å². The number of esters is 2. The first-order chi connectivity index (χ1) is 13.6. The summed E-state index contributed by atoms with van der Waals surface area (Å²) in [7, 11) is -4.62. The molecule has 1 aromatic rings. The van der Waals surface area contributed by atoms with Gasteiger partial charge in [-0.1, -0.05) is 6.07 Å². The molecule has 29 heavy (non-hydrogen) atoms. The zero-order valence-electron chi connectivity index (χ0n) is 16.4. The maximum absolute atomic E-state index is 13.2. The molecule has 2 rings (SSSR count). The number of allylic oxidation sites excluding steroid dienone is 2. The molecule has 0 amide bonds. The van der Waals surface area contributed by atoms with E-state index in [1.165, 1.54) is 32.0 Å². The van der Waals surface area contributed by atoms with Crippen LogP contribution in [-0.2, 0) is 38.5 Å². The van der Waals surface area contributed by atoms with E-state index in [1.807, 2.05) is 0 Å². The Morgan fingerprint density at radius 3 is 2.07 bits per heavy atom. The normalized spacial score (nSPS) is 14.6. The van der Waals surface area contributed by atoms with Gasteiger partial charge in [-0.25, -0.2) is 18.0 Å². The fourth-order valence-corrected chi connectivity index (χ4v) is 4.25. The van der Waals surface area contributed by atoms with E-state index in [1.54, 1.807) is 13.8 Å². The number of rotatable bonds is 6. The summed E-state index contributed by atoms with van der Waals surface area (Å²) < 4.78 is 36.0. The number of benzene rings is 1. The third-order valence-corrected chi connectivity index (χ3v) is 6.03. The molecule has 154 valence electrons. The topological polar surface area (TPSA) is 121 Å². The van der Waals surface area contributed by atoms with Gasteiger partial charge in [-0.3, -0.25) is 9.59 Å². The Bertz CT molecular complexity index is 1070. The minimum absolute atomic E-state index is 0.0919. The molecule has 0 saturated heterocycles. The monoisotopic (exact) mass is 420 g/mol. The SMILES string of the molecule is CCOC(=O)C1=CC(=O)C(C(=O)OCC)=C(S(=O)(=O)c2ccc(C)c(C)c2)C1=O. The summed E-state index contributed by atoms with van der Waals surface area (Å²) in [6.07, 6.45) is 0.603. The molecule has 0 aromatic heterocycles. The van der Waals surface area contributed by atoms with Crippen molar-refractivity contribution in [2.75, 3.05) is 13.2 Å². The van der Waals surface area contributed by atoms with Crippen LogP contribution in [0.25, 0.3) is 0 Å². The molecule has 0 atom stereocenters. The number of carbonyl (C=O) groups is 4. The molecule has 1 aliphatic carbocycles. The standard InChI is InChI=1S/C20H20O8S/c1-5-27-19(23)14-10-15(21)16(20(24)28-6-2)18(17(14)22)29(25,26)13-8-7-11(3)12(4)9-13/h7-10H,5-6H2,1-4H3. The Balaban J connectivity index is 2.76. The van der Waals surface area contributed by atoms with E-state index in [-0.39, 0.29) is 18.1 Å². The van der Waals surface area contributed by atoms with Crippen LogP contribution in [0.5, 0.6) is 0 Å². The molecule has 9 heteroatoms. The van der Waals surface area contributed by atoms with Crippen molar-refractivity contribution in [2.45, 2.75) is 32.6 Å². The second-order valence-corrected chi connectivity index (χ2v) is 8.03. The minimum atomic E-state index is -4.62. The molecule has 0 radical (unpaired) electrons. The summed E-state index contributed by atoms with van der Waals surface area (Å²) in [6.45, 7) is 6.16. The van der Waals surface area contributed by atoms with E-state index in [4.69, 9.17) is 9.47 Å². The fourth-order valence-electron chi connectivity index (χ4n) is 2.63. The van der Waals surface area contributed by atoms with Crippen LogP contribution in [0, 0.1) is 13.8 Å². The molecule has 1 aliphatic rings. The summed E-state index contributed by atoms with van der Waals surface area (Å²) in [6, 6.07) is 4.11. The smallest absolute Gasteiger partial charge is 0.343 e. The largest absolute Gasteiger partial charge is 0.462 e. The summed E-state index contributed by atoms with van der Waals surface area (Å²) in [5, 5.41) is 0. The van der Waals surface area contributed by atoms with E-state index >= 15 is 0 Å². The maximum atomic E-state index is 13.2. The number of sulfone groups is 1. The number of aryl methyl sites for hydroxylation is 2. The molecule has 0 N–H and O–H groups in total. The van der Waals surface area contributed by atoms with Gasteiger partial charge in [0.25, 0.3) is 0 Å². The predicted octanol–water partition coefficient (Wildman–Crippen LogP) is 1.54. The van der Waals surface area contributed by atoms with Gasteiger partial charge in [-0.15, -0.1) is 0 Å². The van der Waals surface area contributed by atoms with Gasteiger partial charge in [-0.2, -0.15) is 0 Å². The second-order valence-electron chi connectivity index (χ2n) is 6.15. The van der Waals surface area contributed by atoms with Gasteiger partial charge < -0.3 is 9.47 Å². The van der Waals surface area contributed by atoms with Crippen molar-refractivity contribution in [3.8, 4) is 0 Å². The Morgan fingerprint density at radius 1 is 0.931 bits per heavy atom. The van der Waals surface area contributed by atoms with Gasteiger partial charge in [0.2, 0.25) is 15.6 Å². The Morgan fingerprint density at radius 2 is 1.52 bits per heavy atom. The van der Waals surface area contributed by atoms with Crippen molar-refractivity contribution < 1.29 is 37.1 Å². The molecule has 0 saturated carbocycles. The van der Waals surface area contributed by atoms with Gasteiger partial charge in [0.15, 0.2) is 5.78 Å². The van der Waals surface area contributed by atoms with Crippen LogP contribution in [0.1, 0.15) is 25.0 Å². The number of hydrogen-bond acceptors (Lipinski definition) is 8. The van der Waals surface area contributed by atoms with Gasteiger partial charge in [0, 0.05) is 6.08 Å². The molecule has 0 bridgehead atoms. The first-order valence-corrected chi connectivity index (χ1v) is 10.3. The Labute approximate surface area is 168 Å². The van der Waals surface area contributed by atoms with Crippen molar-refractivity contribution in [2.24, 2.45) is 0 Å². The lowest BCUT2D eigenvalue weighted by Crippen LogP contribution is -2.32. The number of ketones is 2. The Hall–Kier alpha value is -3.07. The van der Waals surface area contributed by atoms with Crippen LogP contribution in [0.3, 0.4) is 0 Å². The number of carbonyl (C=O) groups excluding carboxylic acids is 4. The van der Waals surface area contributed by atoms with E-state index < -0.39 is 49.4 Å². The van der Waals surface area contributed by atoms with Crippen LogP contribution in [-0.4, -0.2) is 45.1 Å². The molecule has 8 nitrogen and oxygen atoms in total. The van der Waals surface area contributed by atoms with Gasteiger partial charge in [0.1, 0.15) is 16.1 Å². The highest BCUT2D eigenvalue weighted by Crippen LogP contribution is 2.31. The first-order valence-electron chi connectivity index (χ1n) is 8.77. The van der Waals surface area contributed by atoms with E-state index in [9.17, 15) is 27.6 Å². The van der Waals surface area contributed by atoms with Crippen LogP contribution in [0.2, 0.25) is 0 Å². The zero-order chi connectivity index (χ0) is 21.9. The van der Waals surface area contributed by atoms with Crippen molar-refractivity contribution >= 4 is 33.3 Å². The summed E-state index contributed by atoms with van der Waals surface area (Å²) >= 11 is 0. The van der Waals surface area contributed by atoms with Crippen molar-refractivity contribution in [3.63, 3.8) is 0 Å². The average molecular weight is 420 g/mol. The molecule has 0 spiro atoms. The number of ether oxygens (including phenoxy) is 2. The molecular formula is C20H20O8S. The summed E-state index contributed by atoms with van der Waals surface area (Å²) in [5.74, 6) is -4.81. The van der Waals surface area contributed by atoms with Gasteiger partial charge in [-0.05, 0) is 51.0 Å². The fraction of sp³-hybridized carbons (Fsp3) is 0.300. The predicted molar refractivity (Wildman–Crippen MR) is 101 cm³/mol. The molecule has 0 fully saturated rings. The van der Waals surface area contributed by atoms with Crippen LogP contribution in [0.4, 0.5) is 0 Å². The van der Waals surface area contributed by atoms with Crippen LogP contribution >= 0.6 is 0 Å². The highest BCUT2D eigenvalue weighted by Gasteiger charge is 2.43. The first kappa shape index (κ1) is 22.2. The summed E-state index contributed by atoms with van der Waals surface area (Å²) in [4.78, 5) is 48.4. The van der Waals surface area contributed by atoms with Crippen LogP contribution in [0.15, 0.2) is 45.2 Å². The quantitative estimate of drug-likeness (QED) is 0.386. The highest BCUT2D eigenvalue weighted by molar-refractivity contribution is 7.96. The summed E-state index contributed by atoms with van der Waals surface area (Å²) in [5.41, 5.74) is -0.253. The molecule has 0 unspecified atom stereocenters. The third kappa shape index (κ3) is 4.19. The lowest BCUT2D eigenvalue weighted by molar-refractivity contribution is -0.142. The molecule has 0 heterocycles. The van der Waals surface area contributed by atoms with Crippen molar-refractivity contribution in [1.29, 1.82) is 0 Å². The second kappa shape index (κ2) is 8.52. The van der Waals surface area contributed by atoms with Crippen LogP contribution < -0.4 is 0 Å². The highest BCUT2D eigenvalue weighted by atomic mass is 32.2. The average Bonchev–Trinajstić information content (AvgIpc) is 2.65. The molecule has 0 aliphatic heterocycles. The molecule has 1 aromatic carbocycles. The van der Waals surface area contributed by atoms with Gasteiger partial charge in [0.05, 0.1) is 18.1 Å². The maximum Gasteiger partial charge on any atom is 0.343 e. The molecular weight excluding hydrogens is 400 g/mol. The number of Topliss-reactive ketones (excluding diaryl/α,β-unsaturated/α-hetero) is 1. The minimum Gasteiger partial charge on any atom is -0.462 e. The van der Waals surface area contributed by atoms with E-state index in [0.717, 1.165) is 5.56 Å².